The van der Waals surface area contributed by atoms with E-state index in [1.54, 1.807) is 6.08 Å². The Morgan fingerprint density at radius 3 is 2.68 bits per heavy atom. The van der Waals surface area contributed by atoms with Gasteiger partial charge in [0.05, 0.1) is 16.6 Å². The van der Waals surface area contributed by atoms with Crippen LogP contribution in [0.3, 0.4) is 0 Å². The van der Waals surface area contributed by atoms with Gasteiger partial charge in [-0.2, -0.15) is 4.39 Å². The normalized spacial score (nSPS) is 10.7. The van der Waals surface area contributed by atoms with Gasteiger partial charge in [0.15, 0.2) is 0 Å². The Labute approximate surface area is 107 Å². The first-order valence-electron chi connectivity index (χ1n) is 5.24. The van der Waals surface area contributed by atoms with Crippen LogP contribution in [-0.4, -0.2) is 23.9 Å². The van der Waals surface area contributed by atoms with Crippen molar-refractivity contribution in [2.45, 2.75) is 0 Å². The van der Waals surface area contributed by atoms with Crippen molar-refractivity contribution in [3.8, 4) is 0 Å². The van der Waals surface area contributed by atoms with Crippen molar-refractivity contribution in [2.24, 2.45) is 5.73 Å². The van der Waals surface area contributed by atoms with Crippen molar-refractivity contribution in [3.05, 3.63) is 51.6 Å². The summed E-state index contributed by atoms with van der Waals surface area (Å²) in [6, 6.07) is 1.02. The standard InChI is InChI=1S/C11H11F2N3O3/c12-7-5-8(10(13)9(6-7)16(18)19)11(17)15-4-2-1-3-14/h1-2,5-6H,3-4,14H2,(H,15,17)/b2-1+. The van der Waals surface area contributed by atoms with E-state index in [4.69, 9.17) is 5.73 Å². The molecule has 0 saturated carbocycles. The monoisotopic (exact) mass is 271 g/mol. The van der Waals surface area contributed by atoms with Crippen molar-refractivity contribution in [1.82, 2.24) is 5.32 Å². The van der Waals surface area contributed by atoms with Gasteiger partial charge in [0, 0.05) is 13.1 Å². The van der Waals surface area contributed by atoms with Crippen molar-refractivity contribution < 1.29 is 18.5 Å². The van der Waals surface area contributed by atoms with Crippen LogP contribution in [0, 0.1) is 21.7 Å². The van der Waals surface area contributed by atoms with E-state index in [2.05, 4.69) is 5.32 Å². The van der Waals surface area contributed by atoms with Crippen LogP contribution in [0.4, 0.5) is 14.5 Å². The molecule has 19 heavy (non-hydrogen) atoms. The zero-order chi connectivity index (χ0) is 14.4. The lowest BCUT2D eigenvalue weighted by molar-refractivity contribution is -0.387. The third-order valence-corrected chi connectivity index (χ3v) is 2.14. The molecule has 3 N–H and O–H groups in total. The fourth-order valence-electron chi connectivity index (χ4n) is 1.30. The lowest BCUT2D eigenvalue weighted by Crippen LogP contribution is -2.25. The molecule has 1 amide bonds. The average Bonchev–Trinajstić information content (AvgIpc) is 2.36. The Morgan fingerprint density at radius 1 is 1.42 bits per heavy atom. The molecule has 0 fully saturated rings. The molecule has 0 aliphatic rings. The second-order valence-electron chi connectivity index (χ2n) is 3.46. The molecule has 102 valence electrons. The maximum atomic E-state index is 13.6. The molecule has 8 heteroatoms. The molecule has 0 atom stereocenters. The number of nitrogens with zero attached hydrogens (tertiary/aromatic N) is 1. The summed E-state index contributed by atoms with van der Waals surface area (Å²) in [5.74, 6) is -3.37. The molecule has 0 radical (unpaired) electrons. The van der Waals surface area contributed by atoms with Crippen LogP contribution in [0.2, 0.25) is 0 Å². The number of nitrogens with one attached hydrogen (secondary N) is 1. The minimum atomic E-state index is -1.37. The molecule has 0 saturated heterocycles. The van der Waals surface area contributed by atoms with Crippen LogP contribution in [0.25, 0.3) is 0 Å². The molecule has 0 spiro atoms. The lowest BCUT2D eigenvalue weighted by atomic mass is 10.1. The van der Waals surface area contributed by atoms with Crippen molar-refractivity contribution in [2.75, 3.05) is 13.1 Å². The lowest BCUT2D eigenvalue weighted by Gasteiger charge is -2.04. The largest absolute Gasteiger partial charge is 0.348 e. The Balaban J connectivity index is 2.97. The number of carbonyl (C=O) groups excluding carboxylic acids is 1. The number of benzene rings is 1. The minimum absolute atomic E-state index is 0.0553. The van der Waals surface area contributed by atoms with Gasteiger partial charge in [0.2, 0.25) is 5.82 Å². The van der Waals surface area contributed by atoms with Crippen LogP contribution in [0.5, 0.6) is 0 Å². The third kappa shape index (κ3) is 3.81. The number of halogens is 2. The number of nitrogens with two attached hydrogens (primary N) is 1. The maximum absolute atomic E-state index is 13.6. The molecule has 0 unspecified atom stereocenters. The van der Waals surface area contributed by atoms with E-state index in [0.717, 1.165) is 0 Å². The number of rotatable bonds is 5. The first-order valence-corrected chi connectivity index (χ1v) is 5.24. The summed E-state index contributed by atoms with van der Waals surface area (Å²) in [6.45, 7) is 0.329. The van der Waals surface area contributed by atoms with E-state index in [1.165, 1.54) is 6.08 Å². The van der Waals surface area contributed by atoms with E-state index >= 15 is 0 Å². The van der Waals surface area contributed by atoms with Crippen LogP contribution >= 0.6 is 0 Å². The summed E-state index contributed by atoms with van der Waals surface area (Å²) in [6.07, 6.45) is 3.08. The summed E-state index contributed by atoms with van der Waals surface area (Å²) in [7, 11) is 0. The first-order chi connectivity index (χ1) is 8.97. The van der Waals surface area contributed by atoms with Gasteiger partial charge < -0.3 is 11.1 Å². The fourth-order valence-corrected chi connectivity index (χ4v) is 1.30. The zero-order valence-electron chi connectivity index (χ0n) is 9.73. The number of nitro groups is 1. The summed E-state index contributed by atoms with van der Waals surface area (Å²) in [4.78, 5) is 20.9. The Hall–Kier alpha value is -2.35. The summed E-state index contributed by atoms with van der Waals surface area (Å²) in [5, 5.41) is 12.7. The van der Waals surface area contributed by atoms with Gasteiger partial charge in [-0.15, -0.1) is 0 Å². The van der Waals surface area contributed by atoms with Gasteiger partial charge >= 0.3 is 5.69 Å². The van der Waals surface area contributed by atoms with Crippen LogP contribution in [-0.2, 0) is 0 Å². The van der Waals surface area contributed by atoms with Crippen molar-refractivity contribution in [1.29, 1.82) is 0 Å². The van der Waals surface area contributed by atoms with E-state index in [0.29, 0.717) is 12.1 Å². The fraction of sp³-hybridized carbons (Fsp3) is 0.182. The molecule has 0 aromatic heterocycles. The van der Waals surface area contributed by atoms with E-state index < -0.39 is 33.7 Å². The van der Waals surface area contributed by atoms with E-state index in [-0.39, 0.29) is 13.1 Å². The Morgan fingerprint density at radius 2 is 2.11 bits per heavy atom. The summed E-state index contributed by atoms with van der Waals surface area (Å²) >= 11 is 0. The molecule has 0 bridgehead atoms. The smallest absolute Gasteiger partial charge is 0.308 e. The van der Waals surface area contributed by atoms with Gasteiger partial charge in [-0.3, -0.25) is 14.9 Å². The second-order valence-corrected chi connectivity index (χ2v) is 3.46. The third-order valence-electron chi connectivity index (χ3n) is 2.14. The minimum Gasteiger partial charge on any atom is -0.348 e. The number of hydrogen-bond acceptors (Lipinski definition) is 4. The number of amides is 1. The van der Waals surface area contributed by atoms with Crippen LogP contribution in [0.15, 0.2) is 24.3 Å². The highest BCUT2D eigenvalue weighted by atomic mass is 19.1. The predicted molar refractivity (Wildman–Crippen MR) is 63.5 cm³/mol. The van der Waals surface area contributed by atoms with Gasteiger partial charge in [-0.1, -0.05) is 12.2 Å². The average molecular weight is 271 g/mol. The van der Waals surface area contributed by atoms with Gasteiger partial charge in [-0.25, -0.2) is 4.39 Å². The molecule has 1 aromatic carbocycles. The van der Waals surface area contributed by atoms with Gasteiger partial charge in [0.25, 0.3) is 5.91 Å². The Bertz CT molecular complexity index is 532. The highest BCUT2D eigenvalue weighted by Gasteiger charge is 2.23. The molecule has 0 heterocycles. The van der Waals surface area contributed by atoms with Crippen molar-refractivity contribution in [3.63, 3.8) is 0 Å². The quantitative estimate of drug-likeness (QED) is 0.476. The molecular weight excluding hydrogens is 260 g/mol. The van der Waals surface area contributed by atoms with Gasteiger partial charge in [-0.05, 0) is 6.07 Å². The molecule has 1 rings (SSSR count). The van der Waals surface area contributed by atoms with Crippen LogP contribution in [0.1, 0.15) is 10.4 Å². The van der Waals surface area contributed by atoms with Crippen LogP contribution < -0.4 is 11.1 Å². The van der Waals surface area contributed by atoms with E-state index in [1.807, 2.05) is 0 Å². The van der Waals surface area contributed by atoms with E-state index in [9.17, 15) is 23.7 Å². The topological polar surface area (TPSA) is 98.3 Å². The molecular formula is C11H11F2N3O3. The van der Waals surface area contributed by atoms with Crippen molar-refractivity contribution >= 4 is 11.6 Å². The maximum Gasteiger partial charge on any atom is 0.308 e. The SMILES string of the molecule is NC/C=C/CNC(=O)c1cc(F)cc([N+](=O)[O-])c1F. The molecule has 1 aromatic rings. The number of nitro benzene ring substituents is 1. The predicted octanol–water partition coefficient (Wildman–Crippen LogP) is 1.12. The van der Waals surface area contributed by atoms with Gasteiger partial charge in [0.1, 0.15) is 5.82 Å². The summed E-state index contributed by atoms with van der Waals surface area (Å²) < 4.78 is 26.7. The molecule has 6 nitrogen and oxygen atoms in total. The highest BCUT2D eigenvalue weighted by molar-refractivity contribution is 5.95. The first kappa shape index (κ1) is 14.7. The number of carbonyl (C=O) groups is 1. The zero-order valence-corrected chi connectivity index (χ0v) is 9.73. The number of hydrogen-bond donors (Lipinski definition) is 2. The molecule has 0 aliphatic heterocycles. The highest BCUT2D eigenvalue weighted by Crippen LogP contribution is 2.22. The summed E-state index contributed by atoms with van der Waals surface area (Å²) in [5.41, 5.74) is 3.37. The second kappa shape index (κ2) is 6.55. The Kier molecular flexibility index (Phi) is 5.07. The molecule has 0 aliphatic carbocycles.